The molecule has 0 amide bonds. The molecule has 20 heavy (non-hydrogen) atoms. The van der Waals surface area contributed by atoms with Crippen molar-refractivity contribution >= 4 is 5.97 Å². The van der Waals surface area contributed by atoms with Gasteiger partial charge in [-0.2, -0.15) is 0 Å². The van der Waals surface area contributed by atoms with Crippen LogP contribution in [0.1, 0.15) is 27.2 Å². The van der Waals surface area contributed by atoms with E-state index in [-0.39, 0.29) is 12.2 Å². The summed E-state index contributed by atoms with van der Waals surface area (Å²) in [6, 6.07) is 7.73. The van der Waals surface area contributed by atoms with Crippen molar-refractivity contribution in [1.82, 2.24) is 4.57 Å². The van der Waals surface area contributed by atoms with Crippen LogP contribution >= 0.6 is 0 Å². The lowest BCUT2D eigenvalue weighted by molar-refractivity contribution is 0.0696. The van der Waals surface area contributed by atoms with Crippen molar-refractivity contribution in [2.45, 2.75) is 27.3 Å². The number of aryl methyl sites for hydroxylation is 2. The van der Waals surface area contributed by atoms with Gasteiger partial charge in [0.1, 0.15) is 0 Å². The van der Waals surface area contributed by atoms with Crippen LogP contribution in [-0.4, -0.2) is 27.4 Å². The fourth-order valence-corrected chi connectivity index (χ4v) is 2.39. The van der Waals surface area contributed by atoms with E-state index in [2.05, 4.69) is 0 Å². The van der Waals surface area contributed by atoms with E-state index >= 15 is 0 Å². The molecular weight excluding hydrogens is 254 g/mol. The van der Waals surface area contributed by atoms with Crippen molar-refractivity contribution in [2.24, 2.45) is 0 Å². The lowest BCUT2D eigenvalue weighted by atomic mass is 10.0. The zero-order chi connectivity index (χ0) is 14.9. The van der Waals surface area contributed by atoms with Gasteiger partial charge in [-0.3, -0.25) is 0 Å². The molecule has 0 saturated carbocycles. The fourth-order valence-electron chi connectivity index (χ4n) is 2.39. The molecule has 106 valence electrons. The third-order valence-electron chi connectivity index (χ3n) is 3.72. The fraction of sp³-hybridized carbons (Fsp3) is 0.312. The van der Waals surface area contributed by atoms with E-state index in [0.717, 1.165) is 16.8 Å². The van der Waals surface area contributed by atoms with E-state index in [0.29, 0.717) is 12.2 Å². The largest absolute Gasteiger partial charge is 0.478 e. The Morgan fingerprint density at radius 3 is 2.40 bits per heavy atom. The molecule has 2 N–H and O–H groups in total. The molecule has 1 heterocycles. The number of hydrogen-bond acceptors (Lipinski definition) is 2. The van der Waals surface area contributed by atoms with Crippen LogP contribution in [0.15, 0.2) is 24.3 Å². The van der Waals surface area contributed by atoms with Crippen LogP contribution in [0.4, 0.5) is 0 Å². The molecule has 0 aliphatic rings. The molecule has 0 bridgehead atoms. The van der Waals surface area contributed by atoms with Gasteiger partial charge >= 0.3 is 5.97 Å². The van der Waals surface area contributed by atoms with Gasteiger partial charge in [0.05, 0.1) is 12.2 Å². The molecule has 1 aromatic carbocycles. The van der Waals surface area contributed by atoms with Crippen LogP contribution in [0.5, 0.6) is 0 Å². The van der Waals surface area contributed by atoms with E-state index in [1.165, 1.54) is 5.56 Å². The van der Waals surface area contributed by atoms with Crippen molar-refractivity contribution in [1.29, 1.82) is 0 Å². The molecule has 0 spiro atoms. The summed E-state index contributed by atoms with van der Waals surface area (Å²) in [4.78, 5) is 11.3. The minimum atomic E-state index is -0.940. The Labute approximate surface area is 118 Å². The van der Waals surface area contributed by atoms with Gasteiger partial charge in [0.2, 0.25) is 0 Å². The van der Waals surface area contributed by atoms with E-state index in [4.69, 9.17) is 0 Å². The van der Waals surface area contributed by atoms with E-state index < -0.39 is 5.97 Å². The normalized spacial score (nSPS) is 10.8. The number of aromatic carboxylic acids is 1. The lowest BCUT2D eigenvalue weighted by Crippen LogP contribution is -2.07. The summed E-state index contributed by atoms with van der Waals surface area (Å²) >= 11 is 0. The number of rotatable bonds is 4. The molecule has 0 aliphatic heterocycles. The predicted molar refractivity (Wildman–Crippen MR) is 78.1 cm³/mol. The molecule has 0 aliphatic carbocycles. The van der Waals surface area contributed by atoms with Gasteiger partial charge in [0.15, 0.2) is 0 Å². The summed E-state index contributed by atoms with van der Waals surface area (Å²) in [5.41, 5.74) is 5.11. The highest BCUT2D eigenvalue weighted by Crippen LogP contribution is 2.27. The maximum absolute atomic E-state index is 11.3. The molecule has 2 aromatic rings. The highest BCUT2D eigenvalue weighted by Gasteiger charge is 2.17. The summed E-state index contributed by atoms with van der Waals surface area (Å²) in [5, 5.41) is 18.4. The first-order valence-electron chi connectivity index (χ1n) is 6.57. The number of aliphatic hydroxyl groups is 1. The van der Waals surface area contributed by atoms with Crippen molar-refractivity contribution in [3.8, 4) is 11.3 Å². The average molecular weight is 273 g/mol. The van der Waals surface area contributed by atoms with Gasteiger partial charge in [0.25, 0.3) is 0 Å². The number of carbonyl (C=O) groups is 1. The minimum Gasteiger partial charge on any atom is -0.478 e. The molecule has 0 radical (unpaired) electrons. The van der Waals surface area contributed by atoms with Gasteiger partial charge in [0, 0.05) is 17.9 Å². The second-order valence-corrected chi connectivity index (χ2v) is 5.01. The zero-order valence-electron chi connectivity index (χ0n) is 12.0. The van der Waals surface area contributed by atoms with E-state index in [9.17, 15) is 15.0 Å². The summed E-state index contributed by atoms with van der Waals surface area (Å²) in [6.07, 6.45) is 0. The Morgan fingerprint density at radius 1 is 1.15 bits per heavy atom. The van der Waals surface area contributed by atoms with Gasteiger partial charge in [-0.15, -0.1) is 0 Å². The molecule has 0 unspecified atom stereocenters. The van der Waals surface area contributed by atoms with E-state index in [1.807, 2.05) is 36.6 Å². The standard InChI is InChI=1S/C16H19NO3/c1-10-4-5-13(8-11(10)2)15-9-14(16(19)20)12(3)17(15)6-7-18/h4-5,8-9,18H,6-7H2,1-3H3,(H,19,20). The quantitative estimate of drug-likeness (QED) is 0.900. The number of carboxylic acid groups (broad SMARTS) is 1. The molecule has 0 atom stereocenters. The number of nitrogens with zero attached hydrogens (tertiary/aromatic N) is 1. The Morgan fingerprint density at radius 2 is 1.85 bits per heavy atom. The molecular formula is C16H19NO3. The van der Waals surface area contributed by atoms with E-state index in [1.54, 1.807) is 13.0 Å². The summed E-state index contributed by atoms with van der Waals surface area (Å²) in [6.45, 7) is 6.21. The molecule has 0 saturated heterocycles. The van der Waals surface area contributed by atoms with Crippen molar-refractivity contribution in [3.63, 3.8) is 0 Å². The second-order valence-electron chi connectivity index (χ2n) is 5.01. The minimum absolute atomic E-state index is 0.0214. The second kappa shape index (κ2) is 5.51. The van der Waals surface area contributed by atoms with Crippen LogP contribution < -0.4 is 0 Å². The van der Waals surface area contributed by atoms with Crippen LogP contribution in [-0.2, 0) is 6.54 Å². The summed E-state index contributed by atoms with van der Waals surface area (Å²) in [5.74, 6) is -0.940. The van der Waals surface area contributed by atoms with Crippen molar-refractivity contribution < 1.29 is 15.0 Å². The maximum Gasteiger partial charge on any atom is 0.337 e. The highest BCUT2D eigenvalue weighted by atomic mass is 16.4. The first-order valence-corrected chi connectivity index (χ1v) is 6.57. The molecule has 2 rings (SSSR count). The first kappa shape index (κ1) is 14.3. The molecule has 0 fully saturated rings. The van der Waals surface area contributed by atoms with Crippen LogP contribution in [0.2, 0.25) is 0 Å². The Balaban J connectivity index is 2.62. The average Bonchev–Trinajstić information content (AvgIpc) is 2.72. The smallest absolute Gasteiger partial charge is 0.337 e. The third kappa shape index (κ3) is 2.47. The summed E-state index contributed by atoms with van der Waals surface area (Å²) < 4.78 is 1.85. The Bertz CT molecular complexity index is 656. The topological polar surface area (TPSA) is 62.5 Å². The Hall–Kier alpha value is -2.07. The van der Waals surface area contributed by atoms with Crippen LogP contribution in [0, 0.1) is 20.8 Å². The third-order valence-corrected chi connectivity index (χ3v) is 3.72. The monoisotopic (exact) mass is 273 g/mol. The van der Waals surface area contributed by atoms with Crippen molar-refractivity contribution in [2.75, 3.05) is 6.61 Å². The molecule has 4 heteroatoms. The van der Waals surface area contributed by atoms with Gasteiger partial charge < -0.3 is 14.8 Å². The number of aromatic nitrogens is 1. The summed E-state index contributed by atoms with van der Waals surface area (Å²) in [7, 11) is 0. The van der Waals surface area contributed by atoms with Gasteiger partial charge in [-0.1, -0.05) is 12.1 Å². The highest BCUT2D eigenvalue weighted by molar-refractivity contribution is 5.91. The molecule has 1 aromatic heterocycles. The number of hydrogen-bond donors (Lipinski definition) is 2. The SMILES string of the molecule is Cc1ccc(-c2cc(C(=O)O)c(C)n2CCO)cc1C. The maximum atomic E-state index is 11.3. The van der Waals surface area contributed by atoms with Crippen LogP contribution in [0.25, 0.3) is 11.3 Å². The number of benzene rings is 1. The van der Waals surface area contributed by atoms with Gasteiger partial charge in [-0.25, -0.2) is 4.79 Å². The molecule has 4 nitrogen and oxygen atoms in total. The number of aliphatic hydroxyl groups excluding tert-OH is 1. The lowest BCUT2D eigenvalue weighted by Gasteiger charge is -2.11. The number of carboxylic acids is 1. The van der Waals surface area contributed by atoms with Crippen molar-refractivity contribution in [3.05, 3.63) is 46.6 Å². The predicted octanol–water partition coefficient (Wildman–Crippen LogP) is 2.77. The zero-order valence-corrected chi connectivity index (χ0v) is 12.0. The van der Waals surface area contributed by atoms with Crippen LogP contribution in [0.3, 0.4) is 0 Å². The Kier molecular flexibility index (Phi) is 3.95. The first-order chi connectivity index (χ1) is 9.45. The van der Waals surface area contributed by atoms with Gasteiger partial charge in [-0.05, 0) is 49.6 Å².